The second kappa shape index (κ2) is 3.23. The van der Waals surface area contributed by atoms with Crippen molar-refractivity contribution in [2.45, 2.75) is 13.8 Å². The molecule has 1 aromatic rings. The highest BCUT2D eigenvalue weighted by molar-refractivity contribution is 8.11. The van der Waals surface area contributed by atoms with Gasteiger partial charge in [0, 0.05) is 0 Å². The Hall–Kier alpha value is -0.550. The average molecular weight is 187 g/mol. The molecule has 0 aliphatic carbocycles. The Balaban J connectivity index is 2.85. The molecule has 11 heavy (non-hydrogen) atoms. The molecule has 3 nitrogen and oxygen atoms in total. The Morgan fingerprint density at radius 1 is 1.73 bits per heavy atom. The zero-order valence-corrected chi connectivity index (χ0v) is 8.04. The fourth-order valence-corrected chi connectivity index (χ4v) is 1.01. The van der Waals surface area contributed by atoms with Crippen molar-refractivity contribution in [3.8, 4) is 0 Å². The average Bonchev–Trinajstić information content (AvgIpc) is 2.09. The molecule has 5 heteroatoms. The summed E-state index contributed by atoms with van der Waals surface area (Å²) >= 11 is 8.66. The number of nitrogens with zero attached hydrogens (tertiary/aromatic N) is 2. The van der Waals surface area contributed by atoms with E-state index in [9.17, 15) is 0 Å². The molecule has 0 aliphatic rings. The number of hydrogen-bond acceptors (Lipinski definition) is 2. The van der Waals surface area contributed by atoms with E-state index in [0.717, 1.165) is 11.4 Å². The van der Waals surface area contributed by atoms with E-state index in [1.165, 1.54) is 0 Å². The molecule has 0 amide bonds. The Morgan fingerprint density at radius 3 is 2.73 bits per heavy atom. The minimum absolute atomic E-state index is 0.413. The summed E-state index contributed by atoms with van der Waals surface area (Å²) in [6, 6.07) is 1.96. The van der Waals surface area contributed by atoms with Crippen LogP contribution in [0.3, 0.4) is 0 Å². The van der Waals surface area contributed by atoms with Crippen molar-refractivity contribution in [2.24, 2.45) is 0 Å². The predicted octanol–water partition coefficient (Wildman–Crippen LogP) is 1.26. The van der Waals surface area contributed by atoms with Crippen LogP contribution in [0.1, 0.15) is 11.4 Å². The van der Waals surface area contributed by atoms with Crippen LogP contribution >= 0.6 is 24.8 Å². The van der Waals surface area contributed by atoms with E-state index in [-0.39, 0.29) is 0 Å². The van der Waals surface area contributed by atoms with Crippen molar-refractivity contribution < 1.29 is 0 Å². The molecule has 0 atom stereocenters. The summed E-state index contributed by atoms with van der Waals surface area (Å²) in [6.07, 6.45) is 0. The maximum absolute atomic E-state index is 4.74. The molecule has 0 aromatic carbocycles. The van der Waals surface area contributed by atoms with E-state index in [2.05, 4.69) is 23.2 Å². The van der Waals surface area contributed by atoms with Crippen LogP contribution in [0.5, 0.6) is 0 Å². The molecule has 1 rings (SSSR count). The van der Waals surface area contributed by atoms with E-state index in [4.69, 9.17) is 12.2 Å². The van der Waals surface area contributed by atoms with Gasteiger partial charge in [-0.25, -0.2) is 0 Å². The Morgan fingerprint density at radius 2 is 2.36 bits per heavy atom. The first kappa shape index (κ1) is 8.55. The maximum Gasteiger partial charge on any atom is 0.150 e. The lowest BCUT2D eigenvalue weighted by Gasteiger charge is -2.03. The Bertz CT molecular complexity index is 279. The maximum atomic E-state index is 4.74. The molecule has 60 valence electrons. The lowest BCUT2D eigenvalue weighted by atomic mass is 10.4. The number of hydrogen-bond donors (Lipinski definition) is 2. The van der Waals surface area contributed by atoms with Crippen LogP contribution in [0.25, 0.3) is 0 Å². The van der Waals surface area contributed by atoms with Crippen molar-refractivity contribution in [3.05, 3.63) is 17.5 Å². The first-order chi connectivity index (χ1) is 5.09. The van der Waals surface area contributed by atoms with Gasteiger partial charge in [0.1, 0.15) is 0 Å². The molecule has 0 fully saturated rings. The van der Waals surface area contributed by atoms with Gasteiger partial charge < -0.3 is 0 Å². The highest BCUT2D eigenvalue weighted by Crippen LogP contribution is 1.99. The Kier molecular flexibility index (Phi) is 2.51. The van der Waals surface area contributed by atoms with Gasteiger partial charge in [-0.05, 0) is 19.9 Å². The molecule has 0 radical (unpaired) electrons. The molecular weight excluding hydrogens is 178 g/mol. The van der Waals surface area contributed by atoms with Crippen molar-refractivity contribution in [2.75, 3.05) is 5.43 Å². The number of aromatic nitrogens is 2. The van der Waals surface area contributed by atoms with Gasteiger partial charge in [-0.1, -0.05) is 12.2 Å². The fourth-order valence-electron chi connectivity index (χ4n) is 0.833. The van der Waals surface area contributed by atoms with Crippen LogP contribution in [0.4, 0.5) is 0 Å². The van der Waals surface area contributed by atoms with Crippen molar-refractivity contribution in [3.63, 3.8) is 0 Å². The lowest BCUT2D eigenvalue weighted by Crippen LogP contribution is -2.19. The third-order valence-corrected chi connectivity index (χ3v) is 1.40. The normalized spacial score (nSPS) is 9.73. The van der Waals surface area contributed by atoms with Gasteiger partial charge in [-0.3, -0.25) is 5.43 Å². The first-order valence-corrected chi connectivity index (χ1v) is 3.98. The molecule has 0 unspecified atom stereocenters. The topological polar surface area (TPSA) is 29.9 Å². The molecule has 1 N–H and O–H groups in total. The minimum Gasteiger partial charge on any atom is -0.262 e. The molecule has 0 saturated carbocycles. The Labute approximate surface area is 76.2 Å². The van der Waals surface area contributed by atoms with E-state index >= 15 is 0 Å². The number of nitrogens with one attached hydrogen (secondary N) is 1. The smallest absolute Gasteiger partial charge is 0.150 e. The molecule has 0 saturated heterocycles. The fraction of sp³-hybridized carbons (Fsp3) is 0.333. The molecule has 1 aromatic heterocycles. The van der Waals surface area contributed by atoms with Crippen LogP contribution < -0.4 is 5.43 Å². The summed E-state index contributed by atoms with van der Waals surface area (Å²) < 4.78 is 0.413. The quantitative estimate of drug-likeness (QED) is 0.512. The second-order valence-electron chi connectivity index (χ2n) is 2.26. The SMILES string of the molecule is Cc1cc(C)n(NC(=S)S)n1. The number of aryl methyl sites for hydroxylation is 2. The summed E-state index contributed by atoms with van der Waals surface area (Å²) in [5.41, 5.74) is 4.77. The van der Waals surface area contributed by atoms with E-state index in [1.807, 2.05) is 19.9 Å². The van der Waals surface area contributed by atoms with Crippen LogP contribution in [0, 0.1) is 13.8 Å². The van der Waals surface area contributed by atoms with Crippen molar-refractivity contribution in [1.29, 1.82) is 0 Å². The van der Waals surface area contributed by atoms with Gasteiger partial charge in [0.15, 0.2) is 4.32 Å². The van der Waals surface area contributed by atoms with Crippen molar-refractivity contribution >= 4 is 29.2 Å². The first-order valence-electron chi connectivity index (χ1n) is 3.13. The summed E-state index contributed by atoms with van der Waals surface area (Å²) in [5, 5.41) is 4.12. The summed E-state index contributed by atoms with van der Waals surface area (Å²) in [6.45, 7) is 3.87. The number of thiol groups is 1. The standard InChI is InChI=1S/C6H9N3S2/c1-4-3-5(2)9(7-4)8-6(10)11/h3H,1-2H3,(H2,8,10,11). The van der Waals surface area contributed by atoms with Gasteiger partial charge in [0.2, 0.25) is 0 Å². The third kappa shape index (κ3) is 2.20. The molecular formula is C6H9N3S2. The summed E-state index contributed by atoms with van der Waals surface area (Å²) in [4.78, 5) is 1.60. The van der Waals surface area contributed by atoms with E-state index in [0.29, 0.717) is 4.32 Å². The van der Waals surface area contributed by atoms with Gasteiger partial charge in [0.25, 0.3) is 0 Å². The largest absolute Gasteiger partial charge is 0.262 e. The van der Waals surface area contributed by atoms with Gasteiger partial charge >= 0.3 is 0 Å². The summed E-state index contributed by atoms with van der Waals surface area (Å²) in [7, 11) is 0. The van der Waals surface area contributed by atoms with Crippen LogP contribution in [0.15, 0.2) is 6.07 Å². The highest BCUT2D eigenvalue weighted by Gasteiger charge is 1.98. The van der Waals surface area contributed by atoms with Gasteiger partial charge in [0.05, 0.1) is 11.4 Å². The van der Waals surface area contributed by atoms with Gasteiger partial charge in [-0.15, -0.1) is 12.6 Å². The van der Waals surface area contributed by atoms with Crippen LogP contribution in [0.2, 0.25) is 0 Å². The second-order valence-corrected chi connectivity index (χ2v) is 3.41. The summed E-state index contributed by atoms with van der Waals surface area (Å²) in [5.74, 6) is 0. The molecule has 1 heterocycles. The lowest BCUT2D eigenvalue weighted by molar-refractivity contribution is 0.780. The monoisotopic (exact) mass is 187 g/mol. The van der Waals surface area contributed by atoms with E-state index in [1.54, 1.807) is 4.79 Å². The third-order valence-electron chi connectivity index (χ3n) is 1.21. The molecule has 0 spiro atoms. The number of thiocarbonyl (C=S) groups is 1. The van der Waals surface area contributed by atoms with Gasteiger partial charge in [-0.2, -0.15) is 9.89 Å². The number of rotatable bonds is 1. The molecule has 0 aliphatic heterocycles. The zero-order chi connectivity index (χ0) is 8.43. The predicted molar refractivity (Wildman–Crippen MR) is 52.6 cm³/mol. The zero-order valence-electron chi connectivity index (χ0n) is 6.33. The van der Waals surface area contributed by atoms with Crippen molar-refractivity contribution in [1.82, 2.24) is 9.89 Å². The van der Waals surface area contributed by atoms with Crippen LogP contribution in [-0.2, 0) is 0 Å². The van der Waals surface area contributed by atoms with Crippen LogP contribution in [-0.4, -0.2) is 14.2 Å². The molecule has 0 bridgehead atoms. The van der Waals surface area contributed by atoms with E-state index < -0.39 is 0 Å². The minimum atomic E-state index is 0.413. The highest BCUT2D eigenvalue weighted by atomic mass is 32.1.